The molecule has 176 valence electrons. The summed E-state index contributed by atoms with van der Waals surface area (Å²) >= 11 is 0. The maximum Gasteiger partial charge on any atom is 0.193 e. The Morgan fingerprint density at radius 1 is 1.19 bits per heavy atom. The molecule has 0 bridgehead atoms. The van der Waals surface area contributed by atoms with Gasteiger partial charge in [-0.3, -0.25) is 9.89 Å². The quantitative estimate of drug-likeness (QED) is 0.211. The van der Waals surface area contributed by atoms with Gasteiger partial charge in [-0.25, -0.2) is 0 Å². The van der Waals surface area contributed by atoms with Gasteiger partial charge < -0.3 is 24.4 Å². The molecule has 8 heteroatoms. The molecule has 0 radical (unpaired) electrons. The number of halogens is 1. The van der Waals surface area contributed by atoms with Crippen LogP contribution >= 0.6 is 24.0 Å². The third-order valence-corrected chi connectivity index (χ3v) is 6.10. The standard InChI is InChI=1S/C23H38N4O3.HI/c1-24-23(27-12-9-19(17-27)18-30-14-13-28-2)25-16-22(26-10-4-5-11-26)20-7-6-8-21(15-20)29-3;/h6-8,15,19,22H,4-5,9-14,16-18H2,1-3H3,(H,24,25);1H. The van der Waals surface area contributed by atoms with Crippen LogP contribution in [-0.4, -0.2) is 89.6 Å². The minimum absolute atomic E-state index is 0. The normalized spacial score (nSPS) is 20.5. The molecule has 31 heavy (non-hydrogen) atoms. The van der Waals surface area contributed by atoms with Gasteiger partial charge in [0.05, 0.1) is 33.0 Å². The SMILES string of the molecule is CN=C(NCC(c1cccc(OC)c1)N1CCCC1)N1CCC(COCCOC)C1.I. The first kappa shape index (κ1) is 26.2. The molecule has 2 saturated heterocycles. The van der Waals surface area contributed by atoms with Crippen molar-refractivity contribution in [1.82, 2.24) is 15.1 Å². The Morgan fingerprint density at radius 3 is 2.71 bits per heavy atom. The summed E-state index contributed by atoms with van der Waals surface area (Å²) in [5, 5.41) is 3.65. The number of methoxy groups -OCH3 is 2. The molecule has 0 aliphatic carbocycles. The van der Waals surface area contributed by atoms with Crippen molar-refractivity contribution in [3.63, 3.8) is 0 Å². The second-order valence-electron chi connectivity index (χ2n) is 8.13. The van der Waals surface area contributed by atoms with E-state index < -0.39 is 0 Å². The fourth-order valence-electron chi connectivity index (χ4n) is 4.43. The zero-order valence-corrected chi connectivity index (χ0v) is 21.5. The van der Waals surface area contributed by atoms with Gasteiger partial charge in [-0.05, 0) is 50.0 Å². The van der Waals surface area contributed by atoms with Crippen LogP contribution in [-0.2, 0) is 9.47 Å². The number of rotatable bonds is 10. The molecule has 1 aromatic carbocycles. The van der Waals surface area contributed by atoms with Crippen molar-refractivity contribution in [2.75, 3.05) is 73.8 Å². The lowest BCUT2D eigenvalue weighted by Gasteiger charge is -2.30. The van der Waals surface area contributed by atoms with Crippen molar-refractivity contribution in [3.8, 4) is 5.75 Å². The van der Waals surface area contributed by atoms with Gasteiger partial charge >= 0.3 is 0 Å². The first-order valence-corrected chi connectivity index (χ1v) is 11.2. The number of hydrogen-bond acceptors (Lipinski definition) is 5. The molecular weight excluding hydrogens is 507 g/mol. The van der Waals surface area contributed by atoms with Crippen LogP contribution in [0.25, 0.3) is 0 Å². The molecule has 3 rings (SSSR count). The molecule has 0 spiro atoms. The zero-order chi connectivity index (χ0) is 21.2. The highest BCUT2D eigenvalue weighted by Crippen LogP contribution is 2.27. The summed E-state index contributed by atoms with van der Waals surface area (Å²) in [4.78, 5) is 9.50. The van der Waals surface area contributed by atoms with Gasteiger partial charge in [-0.2, -0.15) is 0 Å². The zero-order valence-electron chi connectivity index (χ0n) is 19.2. The Balaban J connectivity index is 0.00000341. The molecule has 0 saturated carbocycles. The van der Waals surface area contributed by atoms with Crippen LogP contribution in [0, 0.1) is 5.92 Å². The highest BCUT2D eigenvalue weighted by Gasteiger charge is 2.27. The average molecular weight is 546 g/mol. The number of ether oxygens (including phenoxy) is 3. The van der Waals surface area contributed by atoms with E-state index in [4.69, 9.17) is 14.2 Å². The van der Waals surface area contributed by atoms with E-state index in [-0.39, 0.29) is 24.0 Å². The van der Waals surface area contributed by atoms with E-state index in [9.17, 15) is 0 Å². The minimum atomic E-state index is 0. The first-order chi connectivity index (χ1) is 14.7. The summed E-state index contributed by atoms with van der Waals surface area (Å²) in [7, 11) is 5.31. The Bertz CT molecular complexity index is 670. The second kappa shape index (κ2) is 14.1. The van der Waals surface area contributed by atoms with Gasteiger partial charge in [-0.1, -0.05) is 12.1 Å². The van der Waals surface area contributed by atoms with E-state index >= 15 is 0 Å². The van der Waals surface area contributed by atoms with Crippen LogP contribution in [0.1, 0.15) is 30.9 Å². The largest absolute Gasteiger partial charge is 0.497 e. The van der Waals surface area contributed by atoms with Crippen LogP contribution in [0.4, 0.5) is 0 Å². The summed E-state index contributed by atoms with van der Waals surface area (Å²) in [6, 6.07) is 8.78. The predicted molar refractivity (Wildman–Crippen MR) is 136 cm³/mol. The third kappa shape index (κ3) is 7.76. The molecule has 7 nitrogen and oxygen atoms in total. The summed E-state index contributed by atoms with van der Waals surface area (Å²) < 4.78 is 16.3. The molecule has 2 atom stereocenters. The van der Waals surface area contributed by atoms with Crippen molar-refractivity contribution in [1.29, 1.82) is 0 Å². The Morgan fingerprint density at radius 2 is 2.00 bits per heavy atom. The highest BCUT2D eigenvalue weighted by atomic mass is 127. The summed E-state index contributed by atoms with van der Waals surface area (Å²) in [6.07, 6.45) is 3.68. The van der Waals surface area contributed by atoms with Crippen molar-refractivity contribution in [2.24, 2.45) is 10.9 Å². The average Bonchev–Trinajstić information content (AvgIpc) is 3.47. The van der Waals surface area contributed by atoms with Gasteiger partial charge in [-0.15, -0.1) is 24.0 Å². The molecule has 0 aromatic heterocycles. The lowest BCUT2D eigenvalue weighted by molar-refractivity contribution is 0.0536. The fraction of sp³-hybridized carbons (Fsp3) is 0.696. The van der Waals surface area contributed by atoms with Gasteiger partial charge in [0.2, 0.25) is 0 Å². The van der Waals surface area contributed by atoms with E-state index in [1.54, 1.807) is 14.2 Å². The molecule has 2 fully saturated rings. The summed E-state index contributed by atoms with van der Waals surface area (Å²) in [5.74, 6) is 2.45. The number of nitrogens with zero attached hydrogens (tertiary/aromatic N) is 3. The molecule has 2 heterocycles. The van der Waals surface area contributed by atoms with E-state index in [1.165, 1.54) is 18.4 Å². The van der Waals surface area contributed by atoms with Gasteiger partial charge in [0, 0.05) is 39.7 Å². The molecule has 1 aromatic rings. The topological polar surface area (TPSA) is 58.6 Å². The van der Waals surface area contributed by atoms with E-state index in [2.05, 4.69) is 38.3 Å². The summed E-state index contributed by atoms with van der Waals surface area (Å²) in [6.45, 7) is 7.24. The Labute approximate surface area is 204 Å². The predicted octanol–water partition coefficient (Wildman–Crippen LogP) is 3.01. The number of hydrogen-bond donors (Lipinski definition) is 1. The Hall–Kier alpha value is -1.10. The molecule has 2 unspecified atom stereocenters. The number of likely N-dealkylation sites (tertiary alicyclic amines) is 2. The molecule has 2 aliphatic rings. The highest BCUT2D eigenvalue weighted by molar-refractivity contribution is 14.0. The van der Waals surface area contributed by atoms with Crippen LogP contribution in [0.2, 0.25) is 0 Å². The van der Waals surface area contributed by atoms with Crippen molar-refractivity contribution in [3.05, 3.63) is 29.8 Å². The van der Waals surface area contributed by atoms with E-state index in [1.807, 2.05) is 13.1 Å². The van der Waals surface area contributed by atoms with Gasteiger partial charge in [0.25, 0.3) is 0 Å². The molecule has 2 aliphatic heterocycles. The number of guanidine groups is 1. The monoisotopic (exact) mass is 546 g/mol. The van der Waals surface area contributed by atoms with Gasteiger partial charge in [0.1, 0.15) is 5.75 Å². The lowest BCUT2D eigenvalue weighted by atomic mass is 10.1. The third-order valence-electron chi connectivity index (χ3n) is 6.10. The summed E-state index contributed by atoms with van der Waals surface area (Å²) in [5.41, 5.74) is 1.30. The van der Waals surface area contributed by atoms with E-state index in [0.29, 0.717) is 25.2 Å². The number of benzene rings is 1. The Kier molecular flexibility index (Phi) is 11.9. The maximum atomic E-state index is 5.73. The molecule has 1 N–H and O–H groups in total. The van der Waals surface area contributed by atoms with E-state index in [0.717, 1.165) is 57.5 Å². The van der Waals surface area contributed by atoms with Crippen molar-refractivity contribution in [2.45, 2.75) is 25.3 Å². The van der Waals surface area contributed by atoms with Crippen LogP contribution < -0.4 is 10.1 Å². The van der Waals surface area contributed by atoms with Crippen molar-refractivity contribution < 1.29 is 14.2 Å². The minimum Gasteiger partial charge on any atom is -0.497 e. The first-order valence-electron chi connectivity index (χ1n) is 11.2. The maximum absolute atomic E-state index is 5.73. The number of nitrogens with one attached hydrogen (secondary N) is 1. The van der Waals surface area contributed by atoms with Crippen LogP contribution in [0.5, 0.6) is 5.75 Å². The smallest absolute Gasteiger partial charge is 0.193 e. The van der Waals surface area contributed by atoms with Crippen LogP contribution in [0.15, 0.2) is 29.3 Å². The lowest BCUT2D eigenvalue weighted by Crippen LogP contribution is -2.44. The van der Waals surface area contributed by atoms with Crippen LogP contribution in [0.3, 0.4) is 0 Å². The molecule has 0 amide bonds. The van der Waals surface area contributed by atoms with Crippen molar-refractivity contribution >= 4 is 29.9 Å². The van der Waals surface area contributed by atoms with Gasteiger partial charge in [0.15, 0.2) is 5.96 Å². The molecular formula is C23H39IN4O3. The number of aliphatic imine (C=N–C) groups is 1. The second-order valence-corrected chi connectivity index (χ2v) is 8.13. The fourth-order valence-corrected chi connectivity index (χ4v) is 4.43.